The molecule has 0 bridgehead atoms. The van der Waals surface area contributed by atoms with Crippen LogP contribution in [0.25, 0.3) is 11.0 Å². The number of aryl methyl sites for hydroxylation is 1. The van der Waals surface area contributed by atoms with Gasteiger partial charge in [-0.05, 0) is 49.6 Å². The van der Waals surface area contributed by atoms with Crippen LogP contribution in [0.2, 0.25) is 5.02 Å². The molecular weight excluding hydrogens is 322 g/mol. The van der Waals surface area contributed by atoms with Crippen LogP contribution in [-0.2, 0) is 17.6 Å². The zero-order valence-corrected chi connectivity index (χ0v) is 14.4. The molecule has 2 heterocycles. The van der Waals surface area contributed by atoms with E-state index < -0.39 is 0 Å². The molecule has 0 saturated heterocycles. The molecule has 1 unspecified atom stereocenters. The normalized spacial score (nSPS) is 16.6. The molecule has 0 N–H and O–H groups in total. The maximum Gasteiger partial charge on any atom is 0.231 e. The smallest absolute Gasteiger partial charge is 0.231 e. The van der Waals surface area contributed by atoms with Gasteiger partial charge in [-0.15, -0.1) is 0 Å². The lowest BCUT2D eigenvalue weighted by Crippen LogP contribution is -2.36. The first kappa shape index (κ1) is 15.3. The van der Waals surface area contributed by atoms with Gasteiger partial charge in [-0.2, -0.15) is 0 Å². The SMILES string of the molecule is Cc1cc2occ(CC(=O)N3c4ccccc4CC3C)c2cc1Cl. The van der Waals surface area contributed by atoms with E-state index in [-0.39, 0.29) is 11.9 Å². The molecule has 0 spiro atoms. The summed E-state index contributed by atoms with van der Waals surface area (Å²) in [5, 5.41) is 1.61. The highest BCUT2D eigenvalue weighted by Crippen LogP contribution is 2.33. The molecule has 1 amide bonds. The van der Waals surface area contributed by atoms with Gasteiger partial charge >= 0.3 is 0 Å². The first-order chi connectivity index (χ1) is 11.5. The Hall–Kier alpha value is -2.26. The van der Waals surface area contributed by atoms with Gasteiger partial charge in [0.05, 0.1) is 12.7 Å². The minimum atomic E-state index is 0.0897. The second-order valence-corrected chi connectivity index (χ2v) is 6.89. The molecule has 4 rings (SSSR count). The van der Waals surface area contributed by atoms with E-state index in [1.807, 2.05) is 42.2 Å². The van der Waals surface area contributed by atoms with Gasteiger partial charge in [-0.3, -0.25) is 4.79 Å². The number of nitrogens with zero attached hydrogens (tertiary/aromatic N) is 1. The first-order valence-electron chi connectivity index (χ1n) is 8.11. The highest BCUT2D eigenvalue weighted by atomic mass is 35.5. The average Bonchev–Trinajstić information content (AvgIpc) is 3.08. The summed E-state index contributed by atoms with van der Waals surface area (Å²) >= 11 is 6.23. The van der Waals surface area contributed by atoms with Gasteiger partial charge in [0.2, 0.25) is 5.91 Å². The lowest BCUT2D eigenvalue weighted by Gasteiger charge is -2.22. The molecule has 1 aliphatic heterocycles. The van der Waals surface area contributed by atoms with Crippen molar-refractivity contribution in [2.24, 2.45) is 0 Å². The molecule has 0 saturated carbocycles. The summed E-state index contributed by atoms with van der Waals surface area (Å²) in [6.45, 7) is 4.03. The third kappa shape index (κ3) is 2.40. The third-order valence-electron chi connectivity index (χ3n) is 4.75. The molecule has 4 heteroatoms. The fourth-order valence-electron chi connectivity index (χ4n) is 3.53. The predicted octanol–water partition coefficient (Wildman–Crippen LogP) is 4.91. The van der Waals surface area contributed by atoms with Crippen LogP contribution in [0.4, 0.5) is 5.69 Å². The van der Waals surface area contributed by atoms with Gasteiger partial charge in [0, 0.05) is 27.7 Å². The topological polar surface area (TPSA) is 33.5 Å². The number of amides is 1. The van der Waals surface area contributed by atoms with Crippen molar-refractivity contribution in [1.29, 1.82) is 0 Å². The van der Waals surface area contributed by atoms with Crippen LogP contribution < -0.4 is 4.90 Å². The van der Waals surface area contributed by atoms with Crippen LogP contribution in [0.1, 0.15) is 23.6 Å². The van der Waals surface area contributed by atoms with Crippen molar-refractivity contribution in [2.75, 3.05) is 4.90 Å². The fourth-order valence-corrected chi connectivity index (χ4v) is 3.70. The minimum Gasteiger partial charge on any atom is -0.464 e. The van der Waals surface area contributed by atoms with Crippen LogP contribution >= 0.6 is 11.6 Å². The Balaban J connectivity index is 1.67. The Bertz CT molecular complexity index is 944. The lowest BCUT2D eigenvalue weighted by atomic mass is 10.1. The van der Waals surface area contributed by atoms with Gasteiger partial charge in [-0.1, -0.05) is 29.8 Å². The van der Waals surface area contributed by atoms with Crippen molar-refractivity contribution >= 4 is 34.2 Å². The van der Waals surface area contributed by atoms with E-state index in [4.69, 9.17) is 16.0 Å². The zero-order chi connectivity index (χ0) is 16.8. The Morgan fingerprint density at radius 2 is 2.12 bits per heavy atom. The third-order valence-corrected chi connectivity index (χ3v) is 5.16. The molecule has 3 aromatic rings. The number of anilines is 1. The van der Waals surface area contributed by atoms with Gasteiger partial charge in [0.1, 0.15) is 5.58 Å². The van der Waals surface area contributed by atoms with Crippen molar-refractivity contribution < 1.29 is 9.21 Å². The summed E-state index contributed by atoms with van der Waals surface area (Å²) in [5.41, 5.74) is 4.88. The highest BCUT2D eigenvalue weighted by Gasteiger charge is 2.30. The summed E-state index contributed by atoms with van der Waals surface area (Å²) < 4.78 is 5.62. The quantitative estimate of drug-likeness (QED) is 0.664. The first-order valence-corrected chi connectivity index (χ1v) is 8.48. The van der Waals surface area contributed by atoms with Crippen LogP contribution in [0.5, 0.6) is 0 Å². The van der Waals surface area contributed by atoms with Crippen molar-refractivity contribution in [3.05, 3.63) is 64.4 Å². The van der Waals surface area contributed by atoms with Crippen molar-refractivity contribution in [2.45, 2.75) is 32.7 Å². The second kappa shape index (κ2) is 5.67. The van der Waals surface area contributed by atoms with Crippen LogP contribution in [0.15, 0.2) is 47.1 Å². The Kier molecular flexibility index (Phi) is 3.61. The van der Waals surface area contributed by atoms with Gasteiger partial charge in [-0.25, -0.2) is 0 Å². The Labute approximate surface area is 145 Å². The standard InChI is InChI=1S/C20H18ClNO2/c1-12-7-19-16(10-17(12)21)15(11-24-19)9-20(23)22-13(2)8-14-5-3-4-6-18(14)22/h3-7,10-11,13H,8-9H2,1-2H3. The summed E-state index contributed by atoms with van der Waals surface area (Å²) in [6, 6.07) is 12.1. The predicted molar refractivity (Wildman–Crippen MR) is 96.8 cm³/mol. The highest BCUT2D eigenvalue weighted by molar-refractivity contribution is 6.32. The molecule has 0 radical (unpaired) electrons. The lowest BCUT2D eigenvalue weighted by molar-refractivity contribution is -0.118. The van der Waals surface area contributed by atoms with Crippen LogP contribution in [0.3, 0.4) is 0 Å². The average molecular weight is 340 g/mol. The van der Waals surface area contributed by atoms with Crippen LogP contribution in [-0.4, -0.2) is 11.9 Å². The van der Waals surface area contributed by atoms with Crippen molar-refractivity contribution in [3.63, 3.8) is 0 Å². The maximum absolute atomic E-state index is 12.9. The van der Waals surface area contributed by atoms with Gasteiger partial charge < -0.3 is 9.32 Å². The fraction of sp³-hybridized carbons (Fsp3) is 0.250. The summed E-state index contributed by atoms with van der Waals surface area (Å²) in [7, 11) is 0. The van der Waals surface area contributed by atoms with Gasteiger partial charge in [0.15, 0.2) is 0 Å². The van der Waals surface area contributed by atoms with Crippen molar-refractivity contribution in [3.8, 4) is 0 Å². The molecule has 0 fully saturated rings. The number of carbonyl (C=O) groups is 1. The monoisotopic (exact) mass is 339 g/mol. The molecule has 2 aromatic carbocycles. The molecule has 122 valence electrons. The largest absolute Gasteiger partial charge is 0.464 e. The number of benzene rings is 2. The number of hydrogen-bond donors (Lipinski definition) is 0. The number of para-hydroxylation sites is 1. The van der Waals surface area contributed by atoms with Crippen molar-refractivity contribution in [1.82, 2.24) is 0 Å². The molecule has 3 nitrogen and oxygen atoms in total. The molecule has 1 aliphatic rings. The van der Waals surface area contributed by atoms with E-state index in [1.165, 1.54) is 5.56 Å². The van der Waals surface area contributed by atoms with Gasteiger partial charge in [0.25, 0.3) is 0 Å². The number of hydrogen-bond acceptors (Lipinski definition) is 2. The Morgan fingerprint density at radius 1 is 1.33 bits per heavy atom. The molecule has 1 atom stereocenters. The minimum absolute atomic E-state index is 0.0897. The number of rotatable bonds is 2. The summed E-state index contributed by atoms with van der Waals surface area (Å²) in [5.74, 6) is 0.0897. The Morgan fingerprint density at radius 3 is 2.96 bits per heavy atom. The molecular formula is C20H18ClNO2. The van der Waals surface area contributed by atoms with E-state index in [2.05, 4.69) is 13.0 Å². The molecule has 0 aliphatic carbocycles. The van der Waals surface area contributed by atoms with E-state index in [9.17, 15) is 4.79 Å². The van der Waals surface area contributed by atoms with Crippen LogP contribution in [0, 0.1) is 6.92 Å². The number of fused-ring (bicyclic) bond motifs is 2. The maximum atomic E-state index is 12.9. The molecule has 1 aromatic heterocycles. The summed E-state index contributed by atoms with van der Waals surface area (Å²) in [6.07, 6.45) is 2.88. The molecule has 24 heavy (non-hydrogen) atoms. The number of carbonyl (C=O) groups excluding carboxylic acids is 1. The number of furan rings is 1. The van der Waals surface area contributed by atoms with E-state index >= 15 is 0 Å². The van der Waals surface area contributed by atoms with E-state index in [1.54, 1.807) is 6.26 Å². The second-order valence-electron chi connectivity index (χ2n) is 6.48. The summed E-state index contributed by atoms with van der Waals surface area (Å²) in [4.78, 5) is 14.8. The zero-order valence-electron chi connectivity index (χ0n) is 13.7. The van der Waals surface area contributed by atoms with E-state index in [0.717, 1.165) is 34.2 Å². The van der Waals surface area contributed by atoms with E-state index in [0.29, 0.717) is 11.4 Å². The number of halogens is 1.